The van der Waals surface area contributed by atoms with E-state index in [1.165, 1.54) is 48.5 Å². The Labute approximate surface area is 408 Å². The fourth-order valence-corrected chi connectivity index (χ4v) is 8.89. The van der Waals surface area contributed by atoms with Crippen molar-refractivity contribution in [2.45, 2.75) is 114 Å². The molecule has 2 fully saturated rings. The lowest BCUT2D eigenvalue weighted by atomic mass is 10.1. The summed E-state index contributed by atoms with van der Waals surface area (Å²) in [5.41, 5.74) is 8.17. The number of halogens is 3. The largest absolute Gasteiger partial charge is 0.472 e. The number of piperidine rings is 2. The van der Waals surface area contributed by atoms with E-state index in [4.69, 9.17) is 19.9 Å². The maximum atomic E-state index is 13.4. The van der Waals surface area contributed by atoms with E-state index in [9.17, 15) is 36.0 Å². The van der Waals surface area contributed by atoms with Crippen molar-refractivity contribution in [3.8, 4) is 11.3 Å². The van der Waals surface area contributed by atoms with Crippen LogP contribution in [0.4, 0.5) is 22.8 Å². The molecular formula is C52H63F3N6O8S. The Hall–Kier alpha value is -6.53. The van der Waals surface area contributed by atoms with Gasteiger partial charge in [0.1, 0.15) is 34.9 Å². The Kier molecular flexibility index (Phi) is 18.9. The first kappa shape index (κ1) is 54.4. The van der Waals surface area contributed by atoms with E-state index in [0.29, 0.717) is 30.5 Å². The van der Waals surface area contributed by atoms with E-state index in [-0.39, 0.29) is 40.8 Å². The molecule has 0 radical (unpaired) electrons. The molecule has 14 nitrogen and oxygen atoms in total. The Bertz CT molecular complexity index is 2650. The molecule has 18 heteroatoms. The number of nitrogens with two attached hydrogens (primary N) is 1. The van der Waals surface area contributed by atoms with E-state index in [1.807, 2.05) is 60.7 Å². The third kappa shape index (κ3) is 16.6. The molecule has 3 aliphatic heterocycles. The van der Waals surface area contributed by atoms with Gasteiger partial charge in [-0.1, -0.05) is 54.1 Å². The first-order valence-corrected chi connectivity index (χ1v) is 24.5. The van der Waals surface area contributed by atoms with Crippen LogP contribution in [-0.4, -0.2) is 101 Å². The number of likely N-dealkylation sites (tertiary alicyclic amines) is 2. The van der Waals surface area contributed by atoms with Crippen LogP contribution in [0.5, 0.6) is 0 Å². The number of aldehydes is 1. The van der Waals surface area contributed by atoms with Gasteiger partial charge in [-0.2, -0.15) is 0 Å². The van der Waals surface area contributed by atoms with E-state index < -0.39 is 38.3 Å². The zero-order chi connectivity index (χ0) is 51.2. The average molecular weight is 989 g/mol. The fourth-order valence-electron chi connectivity index (χ4n) is 7.34. The lowest BCUT2D eigenvalue weighted by Gasteiger charge is -2.33. The minimum atomic E-state index is -3.71. The van der Waals surface area contributed by atoms with Crippen LogP contribution in [0.3, 0.4) is 0 Å². The van der Waals surface area contributed by atoms with Crippen LogP contribution in [0.25, 0.3) is 11.3 Å². The molecule has 1 aromatic heterocycles. The SMILES string of the molecule is CC(C)(C)OC(=O)N1CCC(N)CC1.CC(C)(C)OC(=O)N1CCC(n2cnc(-c3cccc(F)c3)c2)CC1.Cc1ccc(S(=O)(=O)C2N=COC2c2cccc(F)c2)cc1.O=Cc1cccc(F)c1. The minimum absolute atomic E-state index is 0.173. The van der Waals surface area contributed by atoms with Crippen LogP contribution in [0, 0.1) is 24.4 Å². The number of nitrogens with zero attached hydrogens (tertiary/aromatic N) is 5. The van der Waals surface area contributed by atoms with Crippen molar-refractivity contribution in [3.63, 3.8) is 0 Å². The maximum Gasteiger partial charge on any atom is 0.410 e. The average Bonchev–Trinajstić information content (AvgIpc) is 4.02. The van der Waals surface area contributed by atoms with Gasteiger partial charge >= 0.3 is 12.2 Å². The van der Waals surface area contributed by atoms with E-state index in [1.54, 1.807) is 58.6 Å². The van der Waals surface area contributed by atoms with Gasteiger partial charge in [-0.25, -0.2) is 41.2 Å². The van der Waals surface area contributed by atoms with Gasteiger partial charge in [0, 0.05) is 55.6 Å². The summed E-state index contributed by atoms with van der Waals surface area (Å²) < 4.78 is 82.4. The summed E-state index contributed by atoms with van der Waals surface area (Å²) >= 11 is 0. The van der Waals surface area contributed by atoms with Crippen LogP contribution in [0.1, 0.15) is 101 Å². The normalized spacial score (nSPS) is 17.4. The molecule has 376 valence electrons. The van der Waals surface area contributed by atoms with Gasteiger partial charge in [-0.3, -0.25) is 4.79 Å². The minimum Gasteiger partial charge on any atom is -0.472 e. The van der Waals surface area contributed by atoms with Crippen LogP contribution >= 0.6 is 0 Å². The molecule has 2 atom stereocenters. The van der Waals surface area contributed by atoms with Gasteiger partial charge in [0.05, 0.1) is 16.9 Å². The zero-order valence-electron chi connectivity index (χ0n) is 40.6. The van der Waals surface area contributed by atoms with Crippen molar-refractivity contribution >= 4 is 34.7 Å². The Morgan fingerprint density at radius 1 is 0.743 bits per heavy atom. The molecule has 8 rings (SSSR count). The molecular weight excluding hydrogens is 926 g/mol. The summed E-state index contributed by atoms with van der Waals surface area (Å²) in [5, 5.41) is -1.11. The second kappa shape index (κ2) is 24.3. The number of amides is 2. The molecule has 5 aromatic rings. The molecule has 70 heavy (non-hydrogen) atoms. The monoisotopic (exact) mass is 988 g/mol. The molecule has 0 spiro atoms. The molecule has 2 saturated heterocycles. The van der Waals surface area contributed by atoms with Gasteiger partial charge in [-0.15, -0.1) is 0 Å². The van der Waals surface area contributed by atoms with Crippen molar-refractivity contribution in [1.29, 1.82) is 0 Å². The summed E-state index contributed by atoms with van der Waals surface area (Å²) in [6.07, 6.45) is 7.59. The number of hydrogen-bond donors (Lipinski definition) is 1. The van der Waals surface area contributed by atoms with Crippen molar-refractivity contribution in [2.75, 3.05) is 26.2 Å². The first-order valence-electron chi connectivity index (χ1n) is 23.0. The standard InChI is InChI=1S/C19H24FN3O2.C16H14FNO3S.C10H20N2O2.C7H5FO/c1-19(2,3)25-18(24)22-9-7-16(8-10-22)23-12-17(21-13-23)14-5-4-6-15(20)11-14;1-11-5-7-14(8-6-11)22(19,20)16-15(21-10-18-16)12-3-2-4-13(17)9-12;1-10(2,3)14-9(13)12-6-4-8(11)5-7-12;8-7-3-1-2-6(4-7)5-9/h4-6,11-13,16H,7-10H2,1-3H3;2-10,15-16H,1H3;8H,4-7,11H2,1-3H3;1-5H. The number of aryl methyl sites for hydroxylation is 1. The third-order valence-corrected chi connectivity index (χ3v) is 12.9. The molecule has 2 unspecified atom stereocenters. The maximum absolute atomic E-state index is 13.4. The number of imidazole rings is 1. The quantitative estimate of drug-likeness (QED) is 0.161. The number of hydrogen-bond acceptors (Lipinski definition) is 11. The number of benzene rings is 4. The highest BCUT2D eigenvalue weighted by molar-refractivity contribution is 7.92. The number of rotatable bonds is 6. The summed E-state index contributed by atoms with van der Waals surface area (Å²) in [7, 11) is -3.71. The Morgan fingerprint density at radius 3 is 1.79 bits per heavy atom. The van der Waals surface area contributed by atoms with Gasteiger partial charge in [-0.05, 0) is 128 Å². The molecule has 0 saturated carbocycles. The van der Waals surface area contributed by atoms with E-state index in [2.05, 4.69) is 14.5 Å². The van der Waals surface area contributed by atoms with Crippen LogP contribution < -0.4 is 5.73 Å². The number of aliphatic imine (C=N–C) groups is 1. The molecule has 0 aliphatic carbocycles. The number of carbonyl (C=O) groups is 3. The predicted octanol–water partition coefficient (Wildman–Crippen LogP) is 10.3. The van der Waals surface area contributed by atoms with Crippen molar-refractivity contribution < 1.29 is 50.2 Å². The third-order valence-electron chi connectivity index (χ3n) is 11.0. The van der Waals surface area contributed by atoms with E-state index in [0.717, 1.165) is 62.0 Å². The highest BCUT2D eigenvalue weighted by Gasteiger charge is 2.40. The first-order chi connectivity index (χ1) is 33.0. The smallest absolute Gasteiger partial charge is 0.410 e. The lowest BCUT2D eigenvalue weighted by molar-refractivity contribution is 0.0183. The van der Waals surface area contributed by atoms with Gasteiger partial charge in [0.2, 0.25) is 9.84 Å². The number of aromatic nitrogens is 2. The second-order valence-electron chi connectivity index (χ2n) is 19.0. The molecule has 4 heterocycles. The van der Waals surface area contributed by atoms with Gasteiger partial charge in [0.25, 0.3) is 0 Å². The van der Waals surface area contributed by atoms with Crippen molar-refractivity contribution in [1.82, 2.24) is 19.4 Å². The zero-order valence-corrected chi connectivity index (χ0v) is 41.5. The number of ether oxygens (including phenoxy) is 3. The van der Waals surface area contributed by atoms with Crippen molar-refractivity contribution in [2.24, 2.45) is 10.7 Å². The highest BCUT2D eigenvalue weighted by Crippen LogP contribution is 2.34. The topological polar surface area (TPSA) is 176 Å². The summed E-state index contributed by atoms with van der Waals surface area (Å²) in [5.74, 6) is -1.09. The summed E-state index contributed by atoms with van der Waals surface area (Å²) in [6.45, 7) is 15.9. The van der Waals surface area contributed by atoms with Gasteiger partial charge < -0.3 is 34.3 Å². The Morgan fingerprint density at radius 2 is 1.27 bits per heavy atom. The molecule has 4 aromatic carbocycles. The highest BCUT2D eigenvalue weighted by atomic mass is 32.2. The molecule has 2 N–H and O–H groups in total. The molecule has 3 aliphatic rings. The van der Waals surface area contributed by atoms with Crippen LogP contribution in [0.15, 0.2) is 119 Å². The van der Waals surface area contributed by atoms with Gasteiger partial charge in [0.15, 0.2) is 17.9 Å². The number of sulfone groups is 1. The summed E-state index contributed by atoms with van der Waals surface area (Å²) in [4.78, 5) is 45.7. The second-order valence-corrected chi connectivity index (χ2v) is 21.1. The molecule has 2 amide bonds. The van der Waals surface area contributed by atoms with E-state index >= 15 is 0 Å². The molecule has 0 bridgehead atoms. The lowest BCUT2D eigenvalue weighted by Crippen LogP contribution is -2.44. The fraction of sp³-hybridized carbons (Fsp3) is 0.404. The predicted molar refractivity (Wildman–Crippen MR) is 261 cm³/mol. The number of carbonyl (C=O) groups excluding carboxylic acids is 3. The van der Waals surface area contributed by atoms with Crippen molar-refractivity contribution in [3.05, 3.63) is 144 Å². The Balaban J connectivity index is 0.000000185. The van der Waals surface area contributed by atoms with Crippen LogP contribution in [-0.2, 0) is 24.0 Å². The summed E-state index contributed by atoms with van der Waals surface area (Å²) in [6, 6.07) is 24.7. The van der Waals surface area contributed by atoms with Crippen LogP contribution in [0.2, 0.25) is 0 Å².